The van der Waals surface area contributed by atoms with Gasteiger partial charge in [0.1, 0.15) is 0 Å². The van der Waals surface area contributed by atoms with Crippen molar-refractivity contribution in [1.29, 1.82) is 0 Å². The fraction of sp³-hybridized carbons (Fsp3) is 0.600. The lowest BCUT2D eigenvalue weighted by molar-refractivity contribution is 0.103. The van der Waals surface area contributed by atoms with Crippen LogP contribution in [0.25, 0.3) is 0 Å². The molecule has 1 N–H and O–H groups in total. The molecule has 1 aromatic rings. The van der Waals surface area contributed by atoms with E-state index in [2.05, 4.69) is 4.90 Å². The van der Waals surface area contributed by atoms with Crippen LogP contribution in [-0.4, -0.2) is 57.1 Å². The van der Waals surface area contributed by atoms with Gasteiger partial charge in [-0.3, -0.25) is 4.90 Å². The quantitative estimate of drug-likeness (QED) is 0.885. The minimum absolute atomic E-state index is 0.534. The van der Waals surface area contributed by atoms with Gasteiger partial charge in [-0.15, -0.1) is 0 Å². The summed E-state index contributed by atoms with van der Waals surface area (Å²) in [6.45, 7) is 3.98. The summed E-state index contributed by atoms with van der Waals surface area (Å²) < 4.78 is 15.9. The average molecular weight is 281 g/mol. The summed E-state index contributed by atoms with van der Waals surface area (Å²) in [5.74, 6) is 1.31. The Morgan fingerprint density at radius 3 is 2.75 bits per heavy atom. The first kappa shape index (κ1) is 15.1. The van der Waals surface area contributed by atoms with Gasteiger partial charge in [-0.2, -0.15) is 0 Å². The predicted molar refractivity (Wildman–Crippen MR) is 76.4 cm³/mol. The highest BCUT2D eigenvalue weighted by molar-refractivity contribution is 5.43. The van der Waals surface area contributed by atoms with Gasteiger partial charge in [0.05, 0.1) is 26.9 Å². The maximum Gasteiger partial charge on any atom is 0.161 e. The van der Waals surface area contributed by atoms with Gasteiger partial charge in [0.15, 0.2) is 11.5 Å². The molecule has 1 unspecified atom stereocenters. The second-order valence-corrected chi connectivity index (χ2v) is 4.90. The molecule has 1 fully saturated rings. The summed E-state index contributed by atoms with van der Waals surface area (Å²) in [4.78, 5) is 2.23. The Kier molecular flexibility index (Phi) is 5.64. The number of hydrogen-bond donors (Lipinski definition) is 1. The first-order valence-corrected chi connectivity index (χ1v) is 6.94. The highest BCUT2D eigenvalue weighted by atomic mass is 16.5. The number of benzene rings is 1. The first-order valence-electron chi connectivity index (χ1n) is 6.94. The fourth-order valence-electron chi connectivity index (χ4n) is 2.39. The van der Waals surface area contributed by atoms with Gasteiger partial charge < -0.3 is 19.3 Å². The van der Waals surface area contributed by atoms with Crippen molar-refractivity contribution in [3.8, 4) is 11.5 Å². The van der Waals surface area contributed by atoms with E-state index in [0.29, 0.717) is 18.0 Å². The van der Waals surface area contributed by atoms with E-state index >= 15 is 0 Å². The van der Waals surface area contributed by atoms with Crippen molar-refractivity contribution in [2.45, 2.75) is 12.5 Å². The second kappa shape index (κ2) is 7.47. The molecule has 1 aliphatic heterocycles. The van der Waals surface area contributed by atoms with Crippen LogP contribution >= 0.6 is 0 Å². The Bertz CT molecular complexity index is 416. The van der Waals surface area contributed by atoms with Crippen LogP contribution in [0.1, 0.15) is 18.1 Å². The molecule has 1 saturated heterocycles. The molecule has 0 aliphatic carbocycles. The fourth-order valence-corrected chi connectivity index (χ4v) is 2.39. The molecule has 0 bridgehead atoms. The maximum absolute atomic E-state index is 10.4. The third-order valence-corrected chi connectivity index (χ3v) is 3.54. The number of ether oxygens (including phenoxy) is 3. The highest BCUT2D eigenvalue weighted by Gasteiger charge is 2.17. The Labute approximate surface area is 120 Å². The molecule has 0 radical (unpaired) electrons. The van der Waals surface area contributed by atoms with E-state index in [1.165, 1.54) is 0 Å². The lowest BCUT2D eigenvalue weighted by Crippen LogP contribution is -2.31. The lowest BCUT2D eigenvalue weighted by Gasteiger charge is -2.23. The van der Waals surface area contributed by atoms with Crippen LogP contribution in [0.5, 0.6) is 11.5 Å². The number of hydrogen-bond acceptors (Lipinski definition) is 5. The molecule has 1 aliphatic rings. The van der Waals surface area contributed by atoms with Crippen molar-refractivity contribution < 1.29 is 19.3 Å². The number of aliphatic hydroxyl groups excluding tert-OH is 1. The summed E-state index contributed by atoms with van der Waals surface area (Å²) >= 11 is 0. The van der Waals surface area contributed by atoms with Crippen molar-refractivity contribution >= 4 is 0 Å². The van der Waals surface area contributed by atoms with Crippen LogP contribution in [-0.2, 0) is 4.74 Å². The molecule has 0 amide bonds. The summed E-state index contributed by atoms with van der Waals surface area (Å²) in [6.07, 6.45) is 0.478. The lowest BCUT2D eigenvalue weighted by atomic mass is 10.1. The monoisotopic (exact) mass is 281 g/mol. The van der Waals surface area contributed by atoms with Crippen molar-refractivity contribution in [2.24, 2.45) is 0 Å². The van der Waals surface area contributed by atoms with E-state index < -0.39 is 6.10 Å². The third-order valence-electron chi connectivity index (χ3n) is 3.54. The van der Waals surface area contributed by atoms with Gasteiger partial charge in [0.2, 0.25) is 0 Å². The van der Waals surface area contributed by atoms with E-state index in [1.807, 2.05) is 18.2 Å². The van der Waals surface area contributed by atoms with Gasteiger partial charge >= 0.3 is 0 Å². The summed E-state index contributed by atoms with van der Waals surface area (Å²) in [7, 11) is 3.20. The van der Waals surface area contributed by atoms with Gasteiger partial charge in [0.25, 0.3) is 0 Å². The molecule has 0 aromatic heterocycles. The molecule has 1 atom stereocenters. The Morgan fingerprint density at radius 2 is 2.00 bits per heavy atom. The third kappa shape index (κ3) is 3.85. The van der Waals surface area contributed by atoms with Gasteiger partial charge in [-0.05, 0) is 24.1 Å². The normalized spacial score (nSPS) is 18.4. The number of aliphatic hydroxyl groups is 1. The highest BCUT2D eigenvalue weighted by Crippen LogP contribution is 2.30. The van der Waals surface area contributed by atoms with E-state index in [0.717, 1.165) is 38.3 Å². The topological polar surface area (TPSA) is 51.2 Å². The molecular weight excluding hydrogens is 258 g/mol. The van der Waals surface area contributed by atoms with Crippen LogP contribution < -0.4 is 9.47 Å². The Hall–Kier alpha value is -1.30. The number of rotatable bonds is 5. The summed E-state index contributed by atoms with van der Waals surface area (Å²) in [5, 5.41) is 10.4. The predicted octanol–water partition coefficient (Wildman–Crippen LogP) is 1.46. The molecule has 0 spiro atoms. The molecule has 5 heteroatoms. The molecular formula is C15H23NO4. The molecule has 0 saturated carbocycles. The van der Waals surface area contributed by atoms with Crippen LogP contribution in [0, 0.1) is 0 Å². The van der Waals surface area contributed by atoms with Crippen LogP contribution in [0.2, 0.25) is 0 Å². The minimum Gasteiger partial charge on any atom is -0.493 e. The molecule has 5 nitrogen and oxygen atoms in total. The molecule has 112 valence electrons. The Morgan fingerprint density at radius 1 is 1.20 bits per heavy atom. The summed E-state index contributed by atoms with van der Waals surface area (Å²) in [5.41, 5.74) is 0.841. The van der Waals surface area contributed by atoms with Gasteiger partial charge in [-0.25, -0.2) is 0 Å². The SMILES string of the molecule is COc1ccc(C(O)CN2CCCOCC2)cc1OC. The van der Waals surface area contributed by atoms with Gasteiger partial charge in [-0.1, -0.05) is 6.07 Å². The van der Waals surface area contributed by atoms with Crippen molar-refractivity contribution in [3.05, 3.63) is 23.8 Å². The minimum atomic E-state index is -0.534. The second-order valence-electron chi connectivity index (χ2n) is 4.90. The molecule has 1 heterocycles. The van der Waals surface area contributed by atoms with E-state index in [4.69, 9.17) is 14.2 Å². The van der Waals surface area contributed by atoms with Crippen molar-refractivity contribution in [2.75, 3.05) is 47.1 Å². The summed E-state index contributed by atoms with van der Waals surface area (Å²) in [6, 6.07) is 5.53. The van der Waals surface area contributed by atoms with Gasteiger partial charge in [0, 0.05) is 26.2 Å². The standard InChI is InChI=1S/C15H23NO4/c1-18-14-5-4-12(10-15(14)19-2)13(17)11-16-6-3-8-20-9-7-16/h4-5,10,13,17H,3,6-9,11H2,1-2H3. The van der Waals surface area contributed by atoms with E-state index in [1.54, 1.807) is 14.2 Å². The maximum atomic E-state index is 10.4. The number of β-amino-alcohol motifs (C(OH)–C–C–N with tert-alkyl or cyclic N) is 1. The van der Waals surface area contributed by atoms with Crippen molar-refractivity contribution in [3.63, 3.8) is 0 Å². The Balaban J connectivity index is 2.02. The molecule has 2 rings (SSSR count). The van der Waals surface area contributed by atoms with Crippen molar-refractivity contribution in [1.82, 2.24) is 4.90 Å². The van der Waals surface area contributed by atoms with Crippen LogP contribution in [0.4, 0.5) is 0 Å². The molecule has 1 aromatic carbocycles. The first-order chi connectivity index (χ1) is 9.74. The van der Waals surface area contributed by atoms with Crippen LogP contribution in [0.3, 0.4) is 0 Å². The largest absolute Gasteiger partial charge is 0.493 e. The van der Waals surface area contributed by atoms with Crippen LogP contribution in [0.15, 0.2) is 18.2 Å². The number of nitrogens with zero attached hydrogens (tertiary/aromatic N) is 1. The number of methoxy groups -OCH3 is 2. The smallest absolute Gasteiger partial charge is 0.161 e. The zero-order valence-corrected chi connectivity index (χ0v) is 12.2. The van der Waals surface area contributed by atoms with E-state index in [-0.39, 0.29) is 0 Å². The molecule has 20 heavy (non-hydrogen) atoms. The zero-order valence-electron chi connectivity index (χ0n) is 12.2. The van der Waals surface area contributed by atoms with E-state index in [9.17, 15) is 5.11 Å². The average Bonchev–Trinajstić information content (AvgIpc) is 2.75. The zero-order chi connectivity index (χ0) is 14.4.